The highest BCUT2D eigenvalue weighted by atomic mass is 32.1. The summed E-state index contributed by atoms with van der Waals surface area (Å²) >= 11 is 1.31. The molecule has 2 aromatic rings. The molecule has 0 aliphatic rings. The third-order valence-electron chi connectivity index (χ3n) is 3.42. The molecule has 1 N–H and O–H groups in total. The van der Waals surface area contributed by atoms with Crippen LogP contribution in [-0.2, 0) is 9.47 Å². The molecule has 0 bridgehead atoms. The monoisotopic (exact) mass is 351 g/mol. The molecule has 0 unspecified atom stereocenters. The minimum atomic E-state index is -0.618. The van der Waals surface area contributed by atoms with E-state index in [-0.39, 0.29) is 12.1 Å². The second kappa shape index (κ2) is 8.03. The first-order valence-electron chi connectivity index (χ1n) is 7.24. The molecule has 0 aliphatic carbocycles. The Hall–Kier alpha value is -2.25. The molecule has 0 saturated heterocycles. The van der Waals surface area contributed by atoms with Crippen LogP contribution >= 0.6 is 11.3 Å². The molecule has 1 aromatic heterocycles. The van der Waals surface area contributed by atoms with Gasteiger partial charge in [-0.2, -0.15) is 0 Å². The van der Waals surface area contributed by atoms with Gasteiger partial charge in [0.15, 0.2) is 0 Å². The van der Waals surface area contributed by atoms with E-state index in [1.165, 1.54) is 37.7 Å². The Kier molecular flexibility index (Phi) is 6.05. The summed E-state index contributed by atoms with van der Waals surface area (Å²) in [6, 6.07) is 6.03. The molecule has 0 fully saturated rings. The van der Waals surface area contributed by atoms with Crippen molar-refractivity contribution in [2.75, 3.05) is 27.4 Å². The Balaban J connectivity index is 2.43. The van der Waals surface area contributed by atoms with Crippen LogP contribution in [0, 0.1) is 12.7 Å². The van der Waals surface area contributed by atoms with Crippen LogP contribution in [-0.4, -0.2) is 39.2 Å². The van der Waals surface area contributed by atoms with Crippen molar-refractivity contribution in [1.82, 2.24) is 5.32 Å². The fourth-order valence-corrected chi connectivity index (χ4v) is 3.28. The molecule has 1 amide bonds. The fraction of sp³-hybridized carbons (Fsp3) is 0.294. The normalized spacial score (nSPS) is 10.5. The van der Waals surface area contributed by atoms with E-state index in [9.17, 15) is 14.0 Å². The number of thiophene rings is 1. The first kappa shape index (κ1) is 18.1. The number of amides is 1. The van der Waals surface area contributed by atoms with Crippen molar-refractivity contribution < 1.29 is 23.5 Å². The van der Waals surface area contributed by atoms with Gasteiger partial charge < -0.3 is 14.8 Å². The number of esters is 1. The zero-order valence-electron chi connectivity index (χ0n) is 13.6. The number of carbonyl (C=O) groups is 2. The lowest BCUT2D eigenvalue weighted by Gasteiger charge is -2.10. The van der Waals surface area contributed by atoms with Crippen molar-refractivity contribution in [1.29, 1.82) is 0 Å². The number of ether oxygens (including phenoxy) is 2. The highest BCUT2D eigenvalue weighted by Crippen LogP contribution is 2.34. The predicted octanol–water partition coefficient (Wildman–Crippen LogP) is 3.03. The Morgan fingerprint density at radius 1 is 1.29 bits per heavy atom. The van der Waals surface area contributed by atoms with Gasteiger partial charge >= 0.3 is 5.97 Å². The highest BCUT2D eigenvalue weighted by molar-refractivity contribution is 7.15. The van der Waals surface area contributed by atoms with Crippen molar-refractivity contribution in [3.8, 4) is 10.4 Å². The number of benzene rings is 1. The second-order valence-electron chi connectivity index (χ2n) is 4.98. The van der Waals surface area contributed by atoms with E-state index in [1.54, 1.807) is 19.1 Å². The van der Waals surface area contributed by atoms with Crippen LogP contribution in [0.25, 0.3) is 10.4 Å². The summed E-state index contributed by atoms with van der Waals surface area (Å²) in [5, 5.41) is 2.62. The van der Waals surface area contributed by atoms with Gasteiger partial charge in [-0.3, -0.25) is 4.79 Å². The van der Waals surface area contributed by atoms with E-state index < -0.39 is 17.7 Å². The fourth-order valence-electron chi connectivity index (χ4n) is 2.24. The van der Waals surface area contributed by atoms with Crippen LogP contribution in [0.4, 0.5) is 4.39 Å². The smallest absolute Gasteiger partial charge is 0.338 e. The Labute approximate surface area is 143 Å². The van der Waals surface area contributed by atoms with Gasteiger partial charge in [0.05, 0.1) is 24.8 Å². The van der Waals surface area contributed by atoms with Gasteiger partial charge in [-0.05, 0) is 19.1 Å². The van der Waals surface area contributed by atoms with E-state index in [1.807, 2.05) is 0 Å². The van der Waals surface area contributed by atoms with E-state index in [0.717, 1.165) is 4.88 Å². The summed E-state index contributed by atoms with van der Waals surface area (Å²) < 4.78 is 23.9. The zero-order valence-corrected chi connectivity index (χ0v) is 14.5. The van der Waals surface area contributed by atoms with Crippen LogP contribution in [0.15, 0.2) is 24.3 Å². The maximum atomic E-state index is 14.2. The first-order chi connectivity index (χ1) is 11.5. The summed E-state index contributed by atoms with van der Waals surface area (Å²) in [5.41, 5.74) is 0.798. The topological polar surface area (TPSA) is 64.6 Å². The molecular weight excluding hydrogens is 333 g/mol. The molecule has 0 radical (unpaired) electrons. The van der Waals surface area contributed by atoms with Crippen molar-refractivity contribution in [2.24, 2.45) is 0 Å². The minimum Gasteiger partial charge on any atom is -0.465 e. The van der Waals surface area contributed by atoms with Crippen LogP contribution in [0.2, 0.25) is 0 Å². The SMILES string of the molecule is COCCNC(=O)c1c(F)cccc1-c1cc(C(=O)OC)c(C)s1. The Morgan fingerprint density at radius 2 is 2.04 bits per heavy atom. The first-order valence-corrected chi connectivity index (χ1v) is 8.06. The van der Waals surface area contributed by atoms with Gasteiger partial charge in [0.25, 0.3) is 5.91 Å². The lowest BCUT2D eigenvalue weighted by Crippen LogP contribution is -2.28. The van der Waals surface area contributed by atoms with E-state index in [2.05, 4.69) is 5.32 Å². The maximum Gasteiger partial charge on any atom is 0.338 e. The Morgan fingerprint density at radius 3 is 2.71 bits per heavy atom. The molecule has 0 aliphatic heterocycles. The highest BCUT2D eigenvalue weighted by Gasteiger charge is 2.21. The van der Waals surface area contributed by atoms with E-state index >= 15 is 0 Å². The number of hydrogen-bond acceptors (Lipinski definition) is 5. The largest absolute Gasteiger partial charge is 0.465 e. The van der Waals surface area contributed by atoms with Crippen molar-refractivity contribution >= 4 is 23.2 Å². The van der Waals surface area contributed by atoms with Crippen molar-refractivity contribution in [3.05, 3.63) is 46.1 Å². The molecule has 1 heterocycles. The number of carbonyl (C=O) groups excluding carboxylic acids is 2. The third-order valence-corrected chi connectivity index (χ3v) is 4.50. The molecule has 0 spiro atoms. The number of aryl methyl sites for hydroxylation is 1. The molecule has 7 heteroatoms. The van der Waals surface area contributed by atoms with Gasteiger partial charge in [-0.15, -0.1) is 11.3 Å². The van der Waals surface area contributed by atoms with Crippen LogP contribution in [0.5, 0.6) is 0 Å². The van der Waals surface area contributed by atoms with Crippen LogP contribution in [0.3, 0.4) is 0 Å². The van der Waals surface area contributed by atoms with E-state index in [4.69, 9.17) is 9.47 Å². The lowest BCUT2D eigenvalue weighted by molar-refractivity contribution is 0.0600. The number of methoxy groups -OCH3 is 2. The number of hydrogen-bond donors (Lipinski definition) is 1. The summed E-state index contributed by atoms with van der Waals surface area (Å²) in [4.78, 5) is 25.5. The average molecular weight is 351 g/mol. The lowest BCUT2D eigenvalue weighted by atomic mass is 10.0. The van der Waals surface area contributed by atoms with Gasteiger partial charge in [0.2, 0.25) is 0 Å². The van der Waals surface area contributed by atoms with Crippen LogP contribution in [0.1, 0.15) is 25.6 Å². The minimum absolute atomic E-state index is 0.0498. The summed E-state index contributed by atoms with van der Waals surface area (Å²) in [5.74, 6) is -1.60. The summed E-state index contributed by atoms with van der Waals surface area (Å²) in [6.45, 7) is 2.39. The summed E-state index contributed by atoms with van der Waals surface area (Å²) in [6.07, 6.45) is 0. The van der Waals surface area contributed by atoms with Gasteiger partial charge in [-0.1, -0.05) is 12.1 Å². The number of rotatable bonds is 6. The van der Waals surface area contributed by atoms with E-state index in [0.29, 0.717) is 22.6 Å². The van der Waals surface area contributed by atoms with Crippen LogP contribution < -0.4 is 5.32 Å². The van der Waals surface area contributed by atoms with Gasteiger partial charge in [-0.25, -0.2) is 9.18 Å². The zero-order chi connectivity index (χ0) is 17.7. The Bertz CT molecular complexity index is 757. The third kappa shape index (κ3) is 3.80. The molecule has 2 rings (SSSR count). The quantitative estimate of drug-likeness (QED) is 0.642. The molecule has 1 aromatic carbocycles. The number of nitrogens with one attached hydrogen (secondary N) is 1. The molecule has 0 atom stereocenters. The predicted molar refractivity (Wildman–Crippen MR) is 90.0 cm³/mol. The maximum absolute atomic E-state index is 14.2. The van der Waals surface area contributed by atoms with Crippen molar-refractivity contribution in [2.45, 2.75) is 6.92 Å². The van der Waals surface area contributed by atoms with Crippen molar-refractivity contribution in [3.63, 3.8) is 0 Å². The van der Waals surface area contributed by atoms with Gasteiger partial charge in [0, 0.05) is 29.0 Å². The summed E-state index contributed by atoms with van der Waals surface area (Å²) in [7, 11) is 2.82. The standard InChI is InChI=1S/C17H18FNO4S/c1-10-12(17(21)23-3)9-14(24-10)11-5-4-6-13(18)15(11)16(20)19-7-8-22-2/h4-6,9H,7-8H2,1-3H3,(H,19,20). The second-order valence-corrected chi connectivity index (χ2v) is 6.24. The molecule has 128 valence electrons. The molecule has 0 saturated carbocycles. The molecule has 5 nitrogen and oxygen atoms in total. The molecular formula is C17H18FNO4S. The van der Waals surface area contributed by atoms with Gasteiger partial charge in [0.1, 0.15) is 5.82 Å². The molecule has 24 heavy (non-hydrogen) atoms. The number of halogens is 1. The average Bonchev–Trinajstić information content (AvgIpc) is 2.95.